The lowest BCUT2D eigenvalue weighted by atomic mass is 9.93. The number of halogens is 1. The fourth-order valence-corrected chi connectivity index (χ4v) is 3.58. The van der Waals surface area contributed by atoms with Crippen molar-refractivity contribution < 1.29 is 18.7 Å². The lowest BCUT2D eigenvalue weighted by molar-refractivity contribution is -0.000239. The van der Waals surface area contributed by atoms with Gasteiger partial charge in [0.15, 0.2) is 19.8 Å². The normalized spacial score (nSPS) is 14.8. The van der Waals surface area contributed by atoms with Crippen LogP contribution in [0.2, 0.25) is 18.1 Å². The minimum atomic E-state index is -1.88. The van der Waals surface area contributed by atoms with E-state index in [0.717, 1.165) is 10.0 Å². The molecule has 0 aliphatic rings. The first-order valence-electron chi connectivity index (χ1n) is 8.73. The van der Waals surface area contributed by atoms with Crippen LogP contribution in [0, 0.1) is 6.92 Å². The van der Waals surface area contributed by atoms with Crippen LogP contribution >= 0.6 is 15.9 Å². The second-order valence-electron chi connectivity index (χ2n) is 8.24. The van der Waals surface area contributed by atoms with Gasteiger partial charge in [0.2, 0.25) is 5.78 Å². The zero-order valence-corrected chi connectivity index (χ0v) is 20.0. The van der Waals surface area contributed by atoms with Gasteiger partial charge in [-0.25, -0.2) is 4.98 Å². The predicted molar refractivity (Wildman–Crippen MR) is 111 cm³/mol. The molecule has 148 valence electrons. The topological polar surface area (TPSA) is 57.7 Å². The summed E-state index contributed by atoms with van der Waals surface area (Å²) in [5.74, 6) is 0.268. The Hall–Kier alpha value is -0.763. The number of carbonyl (C=O) groups is 1. The fourth-order valence-electron chi connectivity index (χ4n) is 2.25. The van der Waals surface area contributed by atoms with Crippen molar-refractivity contribution >= 4 is 30.0 Å². The first-order valence-corrected chi connectivity index (χ1v) is 12.4. The smallest absolute Gasteiger partial charge is 0.216 e. The third kappa shape index (κ3) is 4.94. The van der Waals surface area contributed by atoms with Crippen LogP contribution in [0.15, 0.2) is 10.7 Å². The van der Waals surface area contributed by atoms with Crippen molar-refractivity contribution in [2.75, 3.05) is 20.8 Å². The second kappa shape index (κ2) is 8.50. The molecule has 5 nitrogen and oxygen atoms in total. The molecule has 0 radical (unpaired) electrons. The largest absolute Gasteiger partial charge is 0.494 e. The van der Waals surface area contributed by atoms with Crippen LogP contribution in [0.1, 0.15) is 50.2 Å². The highest BCUT2D eigenvalue weighted by Gasteiger charge is 2.40. The third-order valence-electron chi connectivity index (χ3n) is 5.42. The second-order valence-corrected chi connectivity index (χ2v) is 13.9. The molecule has 0 aromatic carbocycles. The van der Waals surface area contributed by atoms with Gasteiger partial charge in [0.1, 0.15) is 5.60 Å². The molecule has 0 aliphatic carbocycles. The van der Waals surface area contributed by atoms with E-state index in [2.05, 4.69) is 54.8 Å². The van der Waals surface area contributed by atoms with Crippen LogP contribution in [-0.2, 0) is 9.16 Å². The quantitative estimate of drug-likeness (QED) is 0.408. The Morgan fingerprint density at radius 3 is 2.27 bits per heavy atom. The number of hydrogen-bond acceptors (Lipinski definition) is 5. The highest BCUT2D eigenvalue weighted by Crippen LogP contribution is 2.37. The number of carbonyl (C=O) groups excluding carboxylic acids is 1. The first kappa shape index (κ1) is 23.3. The Kier molecular flexibility index (Phi) is 7.61. The standard InChI is InChI=1S/C19H32BrNO4Si/c1-13-14(20)12-21-15(16(13)23-6)17(22)19(5,24-7)10-11-25-26(8,9)18(2,3)4/h12H,10-11H2,1-9H3. The molecular weight excluding hydrogens is 414 g/mol. The van der Waals surface area contributed by atoms with Gasteiger partial charge in [0, 0.05) is 36.4 Å². The third-order valence-corrected chi connectivity index (χ3v) is 10.8. The van der Waals surface area contributed by atoms with Gasteiger partial charge in [-0.15, -0.1) is 0 Å². The summed E-state index contributed by atoms with van der Waals surface area (Å²) in [6.45, 7) is 15.1. The van der Waals surface area contributed by atoms with E-state index in [-0.39, 0.29) is 16.5 Å². The number of nitrogens with zero attached hydrogens (tertiary/aromatic N) is 1. The average Bonchev–Trinajstić information content (AvgIpc) is 2.55. The van der Waals surface area contributed by atoms with E-state index < -0.39 is 13.9 Å². The zero-order valence-electron chi connectivity index (χ0n) is 17.4. The summed E-state index contributed by atoms with van der Waals surface area (Å²) in [6.07, 6.45) is 2.07. The van der Waals surface area contributed by atoms with Crippen LogP contribution in [0.4, 0.5) is 0 Å². The summed E-state index contributed by atoms with van der Waals surface area (Å²) in [5.41, 5.74) is 0.0924. The van der Waals surface area contributed by atoms with E-state index in [4.69, 9.17) is 13.9 Å². The molecule has 1 atom stereocenters. The SMILES string of the molecule is COc1c(C(=O)C(C)(CCO[Si](C)(C)C(C)(C)C)OC)ncc(Br)c1C. The van der Waals surface area contributed by atoms with E-state index in [1.807, 2.05) is 6.92 Å². The Balaban J connectivity index is 3.03. The Morgan fingerprint density at radius 1 is 1.23 bits per heavy atom. The van der Waals surface area contributed by atoms with Crippen molar-refractivity contribution in [1.29, 1.82) is 0 Å². The summed E-state index contributed by atoms with van der Waals surface area (Å²) in [5, 5.41) is 0.119. The van der Waals surface area contributed by atoms with Gasteiger partial charge in [-0.3, -0.25) is 4.79 Å². The summed E-state index contributed by atoms with van der Waals surface area (Å²) >= 11 is 3.42. The molecule has 0 amide bonds. The first-order chi connectivity index (χ1) is 11.8. The van der Waals surface area contributed by atoms with Gasteiger partial charge in [-0.1, -0.05) is 20.8 Å². The molecule has 7 heteroatoms. The van der Waals surface area contributed by atoms with Gasteiger partial charge in [0.05, 0.1) is 7.11 Å². The number of aromatic nitrogens is 1. The summed E-state index contributed by atoms with van der Waals surface area (Å²) in [6, 6.07) is 0. The van der Waals surface area contributed by atoms with Crippen LogP contribution < -0.4 is 4.74 Å². The number of Topliss-reactive ketones (excluding diaryl/α,β-unsaturated/α-hetero) is 1. The predicted octanol–water partition coefficient (Wildman–Crippen LogP) is 5.16. The Morgan fingerprint density at radius 2 is 1.81 bits per heavy atom. The highest BCUT2D eigenvalue weighted by atomic mass is 79.9. The molecule has 1 heterocycles. The lowest BCUT2D eigenvalue weighted by Gasteiger charge is -2.37. The van der Waals surface area contributed by atoms with E-state index in [0.29, 0.717) is 18.8 Å². The summed E-state index contributed by atoms with van der Waals surface area (Å²) in [4.78, 5) is 17.5. The van der Waals surface area contributed by atoms with Gasteiger partial charge in [-0.05, 0) is 47.9 Å². The number of rotatable bonds is 8. The van der Waals surface area contributed by atoms with Crippen molar-refractivity contribution in [3.8, 4) is 5.75 Å². The monoisotopic (exact) mass is 445 g/mol. The molecular formula is C19H32BrNO4Si. The van der Waals surface area contributed by atoms with Crippen molar-refractivity contribution in [1.82, 2.24) is 4.98 Å². The van der Waals surface area contributed by atoms with E-state index in [9.17, 15) is 4.79 Å². The zero-order chi connectivity index (χ0) is 20.3. The maximum atomic E-state index is 13.2. The van der Waals surface area contributed by atoms with Gasteiger partial charge in [0.25, 0.3) is 0 Å². The Labute approximate surface area is 167 Å². The average molecular weight is 446 g/mol. The molecule has 26 heavy (non-hydrogen) atoms. The maximum Gasteiger partial charge on any atom is 0.216 e. The number of ketones is 1. The van der Waals surface area contributed by atoms with Crippen molar-refractivity contribution in [2.24, 2.45) is 0 Å². The molecule has 0 saturated carbocycles. The molecule has 0 fully saturated rings. The van der Waals surface area contributed by atoms with Crippen molar-refractivity contribution in [3.05, 3.63) is 21.9 Å². The lowest BCUT2D eigenvalue weighted by Crippen LogP contribution is -2.44. The molecule has 1 aromatic rings. The Bertz CT molecular complexity index is 658. The minimum absolute atomic E-state index is 0.119. The highest BCUT2D eigenvalue weighted by molar-refractivity contribution is 9.10. The summed E-state index contributed by atoms with van der Waals surface area (Å²) in [7, 11) is 1.20. The molecule has 0 aliphatic heterocycles. The van der Waals surface area contributed by atoms with Crippen LogP contribution in [0.5, 0.6) is 5.75 Å². The molecule has 0 saturated heterocycles. The fraction of sp³-hybridized carbons (Fsp3) is 0.684. The molecule has 0 spiro atoms. The van der Waals surface area contributed by atoms with Crippen molar-refractivity contribution in [3.63, 3.8) is 0 Å². The molecule has 1 unspecified atom stereocenters. The van der Waals surface area contributed by atoms with Gasteiger partial charge < -0.3 is 13.9 Å². The minimum Gasteiger partial charge on any atom is -0.494 e. The summed E-state index contributed by atoms with van der Waals surface area (Å²) < 4.78 is 18.1. The van der Waals surface area contributed by atoms with E-state index in [1.54, 1.807) is 20.2 Å². The number of ether oxygens (including phenoxy) is 2. The molecule has 0 bridgehead atoms. The number of hydrogen-bond donors (Lipinski definition) is 0. The van der Waals surface area contributed by atoms with Crippen LogP contribution in [0.25, 0.3) is 0 Å². The van der Waals surface area contributed by atoms with E-state index in [1.165, 1.54) is 7.11 Å². The van der Waals surface area contributed by atoms with Crippen LogP contribution in [0.3, 0.4) is 0 Å². The molecule has 1 aromatic heterocycles. The number of pyridine rings is 1. The number of methoxy groups -OCH3 is 2. The maximum absolute atomic E-state index is 13.2. The molecule has 0 N–H and O–H groups in total. The van der Waals surface area contributed by atoms with E-state index >= 15 is 0 Å². The molecule has 1 rings (SSSR count). The van der Waals surface area contributed by atoms with Crippen LogP contribution in [-0.4, -0.2) is 45.5 Å². The van der Waals surface area contributed by atoms with Gasteiger partial charge in [-0.2, -0.15) is 0 Å². The van der Waals surface area contributed by atoms with Crippen molar-refractivity contribution in [2.45, 2.75) is 64.8 Å². The van der Waals surface area contributed by atoms with Gasteiger partial charge >= 0.3 is 0 Å².